The molecule has 1 aromatic carbocycles. The lowest BCUT2D eigenvalue weighted by molar-refractivity contribution is -0.154. The first kappa shape index (κ1) is 19.9. The molecule has 2 N–H and O–H groups in total. The standard InChI is InChI=1S/C19H25FN2O4/c1-13(2)11-21-18(25)22-16(23)12-26-17(24)19(9-5-6-10-19)14-7-3-4-8-15(14)20/h3-4,7-8,13H,5-6,9-12H2,1-2H3,(H2,21,22,23,25). The predicted octanol–water partition coefficient (Wildman–Crippen LogP) is 2.66. The first-order valence-electron chi connectivity index (χ1n) is 8.85. The van der Waals surface area contributed by atoms with Crippen molar-refractivity contribution in [1.29, 1.82) is 0 Å². The van der Waals surface area contributed by atoms with Crippen molar-refractivity contribution >= 4 is 17.9 Å². The van der Waals surface area contributed by atoms with Gasteiger partial charge in [0, 0.05) is 12.1 Å². The maximum atomic E-state index is 14.2. The monoisotopic (exact) mass is 364 g/mol. The topological polar surface area (TPSA) is 84.5 Å². The quantitative estimate of drug-likeness (QED) is 0.760. The van der Waals surface area contributed by atoms with Crippen molar-refractivity contribution < 1.29 is 23.5 Å². The Labute approximate surface area is 152 Å². The van der Waals surface area contributed by atoms with Gasteiger partial charge in [-0.25, -0.2) is 9.18 Å². The molecule has 1 aliphatic rings. The molecule has 6 nitrogen and oxygen atoms in total. The van der Waals surface area contributed by atoms with Crippen LogP contribution >= 0.6 is 0 Å². The molecule has 0 heterocycles. The minimum Gasteiger partial charge on any atom is -0.455 e. The number of carbonyl (C=O) groups is 3. The Morgan fingerprint density at radius 2 is 1.85 bits per heavy atom. The Kier molecular flexibility index (Phi) is 6.71. The van der Waals surface area contributed by atoms with Gasteiger partial charge in [-0.2, -0.15) is 0 Å². The number of nitrogens with one attached hydrogen (secondary N) is 2. The van der Waals surface area contributed by atoms with Gasteiger partial charge in [0.15, 0.2) is 6.61 Å². The van der Waals surface area contributed by atoms with Crippen molar-refractivity contribution in [2.24, 2.45) is 5.92 Å². The average Bonchev–Trinajstić information content (AvgIpc) is 3.09. The van der Waals surface area contributed by atoms with Crippen LogP contribution in [0.25, 0.3) is 0 Å². The van der Waals surface area contributed by atoms with E-state index in [1.807, 2.05) is 13.8 Å². The maximum absolute atomic E-state index is 14.2. The first-order chi connectivity index (χ1) is 12.3. The number of hydrogen-bond acceptors (Lipinski definition) is 4. The Morgan fingerprint density at radius 3 is 2.46 bits per heavy atom. The fraction of sp³-hybridized carbons (Fsp3) is 0.526. The summed E-state index contributed by atoms with van der Waals surface area (Å²) in [4.78, 5) is 36.0. The van der Waals surface area contributed by atoms with E-state index in [0.29, 0.717) is 24.9 Å². The summed E-state index contributed by atoms with van der Waals surface area (Å²) in [7, 11) is 0. The molecule has 1 aliphatic carbocycles. The number of hydrogen-bond donors (Lipinski definition) is 2. The van der Waals surface area contributed by atoms with E-state index in [1.165, 1.54) is 6.07 Å². The molecule has 142 valence electrons. The summed E-state index contributed by atoms with van der Waals surface area (Å²) >= 11 is 0. The molecule has 0 aliphatic heterocycles. The van der Waals surface area contributed by atoms with Crippen LogP contribution in [0.15, 0.2) is 24.3 Å². The van der Waals surface area contributed by atoms with Crippen LogP contribution in [0.2, 0.25) is 0 Å². The van der Waals surface area contributed by atoms with Gasteiger partial charge in [0.2, 0.25) is 0 Å². The molecule has 7 heteroatoms. The zero-order chi connectivity index (χ0) is 19.2. The second-order valence-corrected chi connectivity index (χ2v) is 7.00. The van der Waals surface area contributed by atoms with Crippen LogP contribution in [-0.4, -0.2) is 31.1 Å². The molecule has 0 saturated heterocycles. The minimum absolute atomic E-state index is 0.247. The normalized spacial score (nSPS) is 15.5. The third kappa shape index (κ3) is 4.80. The van der Waals surface area contributed by atoms with E-state index in [4.69, 9.17) is 4.74 Å². The Balaban J connectivity index is 1.96. The fourth-order valence-electron chi connectivity index (χ4n) is 3.18. The number of ether oxygens (including phenoxy) is 1. The molecule has 0 aromatic heterocycles. The first-order valence-corrected chi connectivity index (χ1v) is 8.85. The van der Waals surface area contributed by atoms with Crippen molar-refractivity contribution in [2.75, 3.05) is 13.2 Å². The van der Waals surface area contributed by atoms with Gasteiger partial charge >= 0.3 is 12.0 Å². The van der Waals surface area contributed by atoms with Crippen molar-refractivity contribution in [3.05, 3.63) is 35.6 Å². The number of imide groups is 1. The summed E-state index contributed by atoms with van der Waals surface area (Å²) in [6.07, 6.45) is 2.52. The van der Waals surface area contributed by atoms with Gasteiger partial charge in [-0.05, 0) is 24.8 Å². The smallest absolute Gasteiger partial charge is 0.321 e. The highest BCUT2D eigenvalue weighted by molar-refractivity contribution is 5.96. The summed E-state index contributed by atoms with van der Waals surface area (Å²) in [5.41, 5.74) is -0.761. The largest absolute Gasteiger partial charge is 0.455 e. The molecule has 0 spiro atoms. The van der Waals surface area contributed by atoms with Crippen LogP contribution in [0.4, 0.5) is 9.18 Å². The van der Waals surface area contributed by atoms with E-state index < -0.39 is 35.7 Å². The van der Waals surface area contributed by atoms with Crippen LogP contribution in [0.3, 0.4) is 0 Å². The lowest BCUT2D eigenvalue weighted by atomic mass is 9.78. The number of halogens is 1. The Bertz CT molecular complexity index is 669. The van der Waals surface area contributed by atoms with Gasteiger partial charge < -0.3 is 10.1 Å². The summed E-state index contributed by atoms with van der Waals surface area (Å²) in [5, 5.41) is 4.64. The van der Waals surface area contributed by atoms with Gasteiger partial charge in [-0.15, -0.1) is 0 Å². The van der Waals surface area contributed by atoms with Crippen LogP contribution in [0.5, 0.6) is 0 Å². The Morgan fingerprint density at radius 1 is 1.19 bits per heavy atom. The highest BCUT2D eigenvalue weighted by Crippen LogP contribution is 2.43. The second kappa shape index (κ2) is 8.78. The van der Waals surface area contributed by atoms with Gasteiger partial charge in [-0.3, -0.25) is 14.9 Å². The fourth-order valence-corrected chi connectivity index (χ4v) is 3.18. The summed E-state index contributed by atoms with van der Waals surface area (Å²) in [6.45, 7) is 3.70. The molecular formula is C19H25FN2O4. The molecule has 0 bridgehead atoms. The third-order valence-corrected chi connectivity index (χ3v) is 4.50. The van der Waals surface area contributed by atoms with Gasteiger partial charge in [0.25, 0.3) is 5.91 Å². The predicted molar refractivity (Wildman–Crippen MR) is 93.9 cm³/mol. The van der Waals surface area contributed by atoms with Crippen LogP contribution in [-0.2, 0) is 19.7 Å². The highest BCUT2D eigenvalue weighted by Gasteiger charge is 2.45. The number of amides is 3. The molecule has 0 radical (unpaired) electrons. The van der Waals surface area contributed by atoms with Crippen molar-refractivity contribution in [1.82, 2.24) is 10.6 Å². The maximum Gasteiger partial charge on any atom is 0.321 e. The van der Waals surface area contributed by atoms with E-state index in [1.54, 1.807) is 18.2 Å². The van der Waals surface area contributed by atoms with Gasteiger partial charge in [-0.1, -0.05) is 44.9 Å². The molecule has 2 rings (SSSR count). The van der Waals surface area contributed by atoms with E-state index in [-0.39, 0.29) is 5.92 Å². The van der Waals surface area contributed by atoms with Crippen molar-refractivity contribution in [2.45, 2.75) is 44.9 Å². The van der Waals surface area contributed by atoms with E-state index in [0.717, 1.165) is 12.8 Å². The minimum atomic E-state index is -1.06. The lowest BCUT2D eigenvalue weighted by Crippen LogP contribution is -2.44. The summed E-state index contributed by atoms with van der Waals surface area (Å²) < 4.78 is 19.4. The zero-order valence-electron chi connectivity index (χ0n) is 15.1. The Hall–Kier alpha value is -2.44. The molecule has 1 fully saturated rings. The SMILES string of the molecule is CC(C)CNC(=O)NC(=O)COC(=O)C1(c2ccccc2F)CCCC1. The second-order valence-electron chi connectivity index (χ2n) is 7.00. The molecule has 3 amide bonds. The number of urea groups is 1. The molecule has 1 saturated carbocycles. The van der Waals surface area contributed by atoms with Crippen molar-refractivity contribution in [3.8, 4) is 0 Å². The summed E-state index contributed by atoms with van der Waals surface area (Å²) in [6, 6.07) is 5.51. The summed E-state index contributed by atoms with van der Waals surface area (Å²) in [5.74, 6) is -1.56. The van der Waals surface area contributed by atoms with E-state index >= 15 is 0 Å². The number of esters is 1. The van der Waals surface area contributed by atoms with Crippen molar-refractivity contribution in [3.63, 3.8) is 0 Å². The van der Waals surface area contributed by atoms with Crippen LogP contribution in [0.1, 0.15) is 45.1 Å². The van der Waals surface area contributed by atoms with E-state index in [2.05, 4.69) is 10.6 Å². The highest BCUT2D eigenvalue weighted by atomic mass is 19.1. The van der Waals surface area contributed by atoms with Gasteiger partial charge in [0.1, 0.15) is 5.82 Å². The molecule has 26 heavy (non-hydrogen) atoms. The molecule has 0 unspecified atom stereocenters. The number of benzene rings is 1. The van der Waals surface area contributed by atoms with Crippen LogP contribution < -0.4 is 10.6 Å². The third-order valence-electron chi connectivity index (χ3n) is 4.50. The number of rotatable bonds is 6. The van der Waals surface area contributed by atoms with Gasteiger partial charge in [0.05, 0.1) is 5.41 Å². The van der Waals surface area contributed by atoms with E-state index in [9.17, 15) is 18.8 Å². The molecule has 0 atom stereocenters. The average molecular weight is 364 g/mol. The zero-order valence-corrected chi connectivity index (χ0v) is 15.1. The molecule has 1 aromatic rings. The lowest BCUT2D eigenvalue weighted by Gasteiger charge is -2.27. The van der Waals surface area contributed by atoms with Crippen LogP contribution in [0, 0.1) is 11.7 Å². The number of carbonyl (C=O) groups excluding carboxylic acids is 3. The molecular weight excluding hydrogens is 339 g/mol.